The summed E-state index contributed by atoms with van der Waals surface area (Å²) in [6.45, 7) is 0. The number of aliphatic hydroxyl groups is 1. The lowest BCUT2D eigenvalue weighted by Gasteiger charge is -2.23. The van der Waals surface area contributed by atoms with Gasteiger partial charge >= 0.3 is 0 Å². The van der Waals surface area contributed by atoms with E-state index in [1.807, 2.05) is 16.5 Å². The zero-order chi connectivity index (χ0) is 17.0. The van der Waals surface area contributed by atoms with Gasteiger partial charge in [0.15, 0.2) is 0 Å². The van der Waals surface area contributed by atoms with Crippen LogP contribution in [0.2, 0.25) is 0 Å². The number of fused-ring (bicyclic) bond motifs is 6. The Labute approximate surface area is 143 Å². The fourth-order valence-electron chi connectivity index (χ4n) is 4.06. The summed E-state index contributed by atoms with van der Waals surface area (Å²) in [7, 11) is 0. The number of aromatic amines is 1. The van der Waals surface area contributed by atoms with E-state index >= 15 is 0 Å². The quantitative estimate of drug-likeness (QED) is 0.524. The molecule has 5 rings (SSSR count). The van der Waals surface area contributed by atoms with Crippen molar-refractivity contribution in [1.29, 1.82) is 0 Å². The lowest BCUT2D eigenvalue weighted by atomic mass is 9.86. The molecule has 2 N–H and O–H groups in total. The number of hydrogen-bond acceptors (Lipinski definition) is 4. The first kappa shape index (κ1) is 14.6. The van der Waals surface area contributed by atoms with E-state index in [2.05, 4.69) is 16.2 Å². The van der Waals surface area contributed by atoms with Gasteiger partial charge in [-0.15, -0.1) is 0 Å². The normalized spacial score (nSPS) is 21.3. The number of rotatable bonds is 1. The molecule has 0 unspecified atom stereocenters. The Kier molecular flexibility index (Phi) is 3.15. The summed E-state index contributed by atoms with van der Waals surface area (Å²) in [5.74, 6) is 0.359. The van der Waals surface area contributed by atoms with Gasteiger partial charge < -0.3 is 10.1 Å². The van der Waals surface area contributed by atoms with Gasteiger partial charge in [0.2, 0.25) is 0 Å². The predicted molar refractivity (Wildman–Crippen MR) is 95.8 cm³/mol. The summed E-state index contributed by atoms with van der Waals surface area (Å²) in [4.78, 5) is 24.3. The van der Waals surface area contributed by atoms with E-state index in [0.717, 1.165) is 53.3 Å². The van der Waals surface area contributed by atoms with Crippen molar-refractivity contribution in [3.8, 4) is 0 Å². The second kappa shape index (κ2) is 5.39. The van der Waals surface area contributed by atoms with Crippen LogP contribution < -0.4 is 5.56 Å². The fourth-order valence-corrected chi connectivity index (χ4v) is 4.06. The van der Waals surface area contributed by atoms with Gasteiger partial charge in [-0.25, -0.2) is 4.98 Å². The smallest absolute Gasteiger partial charge is 0.258 e. The molecular weight excluding hydrogens is 316 g/mol. The Morgan fingerprint density at radius 3 is 2.84 bits per heavy atom. The van der Waals surface area contributed by atoms with Gasteiger partial charge in [0.1, 0.15) is 5.65 Å². The molecule has 1 saturated carbocycles. The number of hydrogen-bond donors (Lipinski definition) is 2. The minimum Gasteiger partial charge on any atom is -0.393 e. The van der Waals surface area contributed by atoms with Crippen LogP contribution in [-0.4, -0.2) is 30.6 Å². The van der Waals surface area contributed by atoms with Gasteiger partial charge in [-0.05, 0) is 37.8 Å². The molecule has 0 saturated heterocycles. The van der Waals surface area contributed by atoms with Crippen molar-refractivity contribution in [2.24, 2.45) is 0 Å². The third-order valence-corrected chi connectivity index (χ3v) is 5.37. The molecule has 0 amide bonds. The molecule has 25 heavy (non-hydrogen) atoms. The van der Waals surface area contributed by atoms with E-state index < -0.39 is 0 Å². The molecule has 0 aromatic carbocycles. The van der Waals surface area contributed by atoms with Crippen LogP contribution >= 0.6 is 0 Å². The molecular formula is C19H18N4O2. The lowest BCUT2D eigenvalue weighted by molar-refractivity contribution is 0.122. The van der Waals surface area contributed by atoms with Crippen LogP contribution in [0, 0.1) is 0 Å². The van der Waals surface area contributed by atoms with Crippen molar-refractivity contribution in [2.45, 2.75) is 37.7 Å². The van der Waals surface area contributed by atoms with E-state index in [0.29, 0.717) is 11.3 Å². The SMILES string of the molecule is O=c1[nH]ccc2c1c1cnccc1c1nc(C3CCC(O)CC3)cn21. The van der Waals surface area contributed by atoms with Gasteiger partial charge in [0.05, 0.1) is 22.7 Å². The number of imidazole rings is 1. The second-order valence-corrected chi connectivity index (χ2v) is 6.85. The lowest BCUT2D eigenvalue weighted by Crippen LogP contribution is -2.17. The van der Waals surface area contributed by atoms with Crippen LogP contribution in [0.4, 0.5) is 0 Å². The van der Waals surface area contributed by atoms with E-state index in [1.54, 1.807) is 18.6 Å². The van der Waals surface area contributed by atoms with Crippen molar-refractivity contribution in [3.63, 3.8) is 0 Å². The van der Waals surface area contributed by atoms with Crippen molar-refractivity contribution in [3.05, 3.63) is 53.0 Å². The maximum atomic E-state index is 12.4. The maximum absolute atomic E-state index is 12.4. The Morgan fingerprint density at radius 2 is 2.00 bits per heavy atom. The number of nitrogens with zero attached hydrogens (tertiary/aromatic N) is 3. The van der Waals surface area contributed by atoms with E-state index in [-0.39, 0.29) is 11.7 Å². The molecule has 4 aromatic rings. The first-order valence-electron chi connectivity index (χ1n) is 8.66. The average molecular weight is 334 g/mol. The van der Waals surface area contributed by atoms with E-state index in [9.17, 15) is 9.90 Å². The summed E-state index contributed by atoms with van der Waals surface area (Å²) in [5.41, 5.74) is 2.62. The van der Waals surface area contributed by atoms with Crippen LogP contribution in [0.25, 0.3) is 27.3 Å². The number of H-pyrrole nitrogens is 1. The van der Waals surface area contributed by atoms with Gasteiger partial charge in [0, 0.05) is 41.5 Å². The van der Waals surface area contributed by atoms with Crippen LogP contribution in [0.15, 0.2) is 41.7 Å². The fraction of sp³-hybridized carbons (Fsp3) is 0.316. The van der Waals surface area contributed by atoms with Crippen LogP contribution in [0.1, 0.15) is 37.3 Å². The van der Waals surface area contributed by atoms with Crippen LogP contribution in [0.5, 0.6) is 0 Å². The van der Waals surface area contributed by atoms with Crippen molar-refractivity contribution < 1.29 is 5.11 Å². The minimum atomic E-state index is -0.181. The van der Waals surface area contributed by atoms with E-state index in [4.69, 9.17) is 4.98 Å². The second-order valence-electron chi connectivity index (χ2n) is 6.85. The maximum Gasteiger partial charge on any atom is 0.258 e. The van der Waals surface area contributed by atoms with Crippen molar-refractivity contribution in [2.75, 3.05) is 0 Å². The Hall–Kier alpha value is -2.73. The molecule has 1 aliphatic carbocycles. The van der Waals surface area contributed by atoms with Gasteiger partial charge in [-0.1, -0.05) is 0 Å². The Morgan fingerprint density at radius 1 is 1.16 bits per heavy atom. The highest BCUT2D eigenvalue weighted by molar-refractivity contribution is 6.10. The predicted octanol–water partition coefficient (Wildman–Crippen LogP) is 2.74. The molecule has 0 atom stereocenters. The standard InChI is InChI=1S/C19H18N4O2/c24-12-3-1-11(2-4-12)15-10-23-16-6-8-21-19(25)17(16)14-9-20-7-5-13(14)18(23)22-15/h5-12,24H,1-4H2,(H,21,25). The molecule has 126 valence electrons. The molecule has 4 aromatic heterocycles. The topological polar surface area (TPSA) is 83.3 Å². The first-order valence-corrected chi connectivity index (χ1v) is 8.66. The molecule has 6 nitrogen and oxygen atoms in total. The summed E-state index contributed by atoms with van der Waals surface area (Å²) < 4.78 is 2.02. The molecule has 4 heterocycles. The molecule has 0 aliphatic heterocycles. The highest BCUT2D eigenvalue weighted by atomic mass is 16.3. The third-order valence-electron chi connectivity index (χ3n) is 5.37. The average Bonchev–Trinajstić information content (AvgIpc) is 3.08. The molecule has 0 spiro atoms. The summed E-state index contributed by atoms with van der Waals surface area (Å²) in [5, 5.41) is 12.2. The monoisotopic (exact) mass is 334 g/mol. The Balaban J connectivity index is 1.83. The highest BCUT2D eigenvalue weighted by Gasteiger charge is 2.24. The van der Waals surface area contributed by atoms with Gasteiger partial charge in [0.25, 0.3) is 5.56 Å². The van der Waals surface area contributed by atoms with Gasteiger partial charge in [-0.2, -0.15) is 0 Å². The number of aromatic nitrogens is 4. The van der Waals surface area contributed by atoms with Crippen molar-refractivity contribution >= 4 is 27.3 Å². The largest absolute Gasteiger partial charge is 0.393 e. The molecule has 1 aliphatic rings. The number of nitrogens with one attached hydrogen (secondary N) is 1. The molecule has 1 fully saturated rings. The minimum absolute atomic E-state index is 0.117. The third kappa shape index (κ3) is 2.17. The Bertz CT molecular complexity index is 1150. The van der Waals surface area contributed by atoms with E-state index in [1.165, 1.54) is 0 Å². The van der Waals surface area contributed by atoms with Crippen molar-refractivity contribution in [1.82, 2.24) is 19.4 Å². The summed E-state index contributed by atoms with van der Waals surface area (Å²) in [6.07, 6.45) is 10.6. The summed E-state index contributed by atoms with van der Waals surface area (Å²) in [6, 6.07) is 3.82. The zero-order valence-electron chi connectivity index (χ0n) is 13.6. The highest BCUT2D eigenvalue weighted by Crippen LogP contribution is 2.34. The van der Waals surface area contributed by atoms with Crippen LogP contribution in [-0.2, 0) is 0 Å². The first-order chi connectivity index (χ1) is 12.2. The number of pyridine rings is 3. The molecule has 0 bridgehead atoms. The summed E-state index contributed by atoms with van der Waals surface area (Å²) >= 11 is 0. The van der Waals surface area contributed by atoms with Crippen LogP contribution in [0.3, 0.4) is 0 Å². The molecule has 0 radical (unpaired) electrons. The molecule has 6 heteroatoms. The number of aliphatic hydroxyl groups excluding tert-OH is 1. The van der Waals surface area contributed by atoms with Gasteiger partial charge in [-0.3, -0.25) is 14.2 Å². The zero-order valence-corrected chi connectivity index (χ0v) is 13.6.